The summed E-state index contributed by atoms with van der Waals surface area (Å²) in [7, 11) is 0. The molecule has 1 N–H and O–H groups in total. The second-order valence-electron chi connectivity index (χ2n) is 7.70. The Labute approximate surface area is 171 Å². The van der Waals surface area contributed by atoms with E-state index in [4.69, 9.17) is 4.74 Å². The third kappa shape index (κ3) is 4.53. The lowest BCUT2D eigenvalue weighted by Crippen LogP contribution is -2.40. The average Bonchev–Trinajstić information content (AvgIpc) is 2.74. The van der Waals surface area contributed by atoms with Crippen molar-refractivity contribution in [2.45, 2.75) is 32.6 Å². The number of rotatable bonds is 5. The number of amides is 2. The fourth-order valence-electron chi connectivity index (χ4n) is 3.90. The number of ether oxygens (including phenoxy) is 1. The number of hydrogen-bond acceptors (Lipinski definition) is 4. The fraction of sp³-hybridized carbons (Fsp3) is 0.391. The summed E-state index contributed by atoms with van der Waals surface area (Å²) in [4.78, 5) is 28.8. The molecule has 0 saturated carbocycles. The number of nitrogens with one attached hydrogen (secondary N) is 1. The third-order valence-electron chi connectivity index (χ3n) is 5.49. The van der Waals surface area contributed by atoms with E-state index in [0.29, 0.717) is 12.3 Å². The molecule has 0 bridgehead atoms. The summed E-state index contributed by atoms with van der Waals surface area (Å²) >= 11 is 0. The maximum absolute atomic E-state index is 12.4. The molecule has 29 heavy (non-hydrogen) atoms. The number of benzene rings is 2. The van der Waals surface area contributed by atoms with Crippen LogP contribution in [-0.2, 0) is 9.59 Å². The zero-order chi connectivity index (χ0) is 20.2. The van der Waals surface area contributed by atoms with E-state index in [9.17, 15) is 9.59 Å². The van der Waals surface area contributed by atoms with Crippen molar-refractivity contribution in [1.29, 1.82) is 0 Å². The van der Waals surface area contributed by atoms with Gasteiger partial charge in [0.15, 0.2) is 6.61 Å². The van der Waals surface area contributed by atoms with Crippen LogP contribution in [-0.4, -0.2) is 38.1 Å². The second-order valence-corrected chi connectivity index (χ2v) is 7.70. The van der Waals surface area contributed by atoms with Gasteiger partial charge in [-0.1, -0.05) is 6.07 Å². The van der Waals surface area contributed by atoms with E-state index >= 15 is 0 Å². The number of hydrogen-bond donors (Lipinski definition) is 1. The number of fused-ring (bicyclic) bond motifs is 1. The first-order valence-corrected chi connectivity index (χ1v) is 10.3. The van der Waals surface area contributed by atoms with E-state index in [-0.39, 0.29) is 24.8 Å². The molecule has 2 heterocycles. The van der Waals surface area contributed by atoms with E-state index in [0.717, 1.165) is 30.0 Å². The maximum Gasteiger partial charge on any atom is 0.265 e. The van der Waals surface area contributed by atoms with Gasteiger partial charge in [0, 0.05) is 37.4 Å². The molecule has 0 atom stereocenters. The Bertz CT molecular complexity index is 889. The molecule has 2 aromatic carbocycles. The molecule has 4 rings (SSSR count). The minimum absolute atomic E-state index is 0.00957. The van der Waals surface area contributed by atoms with Crippen molar-refractivity contribution in [3.63, 3.8) is 0 Å². The normalized spacial score (nSPS) is 16.2. The summed E-state index contributed by atoms with van der Waals surface area (Å²) in [5.41, 5.74) is 3.76. The van der Waals surface area contributed by atoms with Crippen molar-refractivity contribution in [3.05, 3.63) is 48.0 Å². The minimum Gasteiger partial charge on any atom is -0.482 e. The van der Waals surface area contributed by atoms with Crippen LogP contribution in [0.5, 0.6) is 5.75 Å². The summed E-state index contributed by atoms with van der Waals surface area (Å²) in [6.07, 6.45) is 4.01. The van der Waals surface area contributed by atoms with Crippen molar-refractivity contribution in [2.75, 3.05) is 41.4 Å². The Hall–Kier alpha value is -3.02. The molecule has 2 amide bonds. The Morgan fingerprint density at radius 1 is 1.07 bits per heavy atom. The largest absolute Gasteiger partial charge is 0.482 e. The van der Waals surface area contributed by atoms with E-state index in [2.05, 4.69) is 22.3 Å². The van der Waals surface area contributed by atoms with Crippen LogP contribution in [0.15, 0.2) is 42.5 Å². The monoisotopic (exact) mass is 393 g/mol. The standard InChI is InChI=1S/C23H27N3O3/c1-17-5-10-21-20(15-17)26(23(28)16-29-21)14-11-22(27)24-18-6-8-19(9-7-18)25-12-3-2-4-13-25/h5-10,15H,2-4,11-14,16H2,1H3,(H,24,27). The lowest BCUT2D eigenvalue weighted by atomic mass is 10.1. The van der Waals surface area contributed by atoms with Gasteiger partial charge >= 0.3 is 0 Å². The summed E-state index contributed by atoms with van der Waals surface area (Å²) < 4.78 is 5.49. The SMILES string of the molecule is Cc1ccc2c(c1)N(CCC(=O)Nc1ccc(N3CCCCC3)cc1)C(=O)CO2. The lowest BCUT2D eigenvalue weighted by molar-refractivity contribution is -0.121. The first kappa shape index (κ1) is 19.3. The predicted molar refractivity (Wildman–Crippen MR) is 115 cm³/mol. The van der Waals surface area contributed by atoms with E-state index < -0.39 is 0 Å². The molecule has 2 aromatic rings. The van der Waals surface area contributed by atoms with Crippen LogP contribution < -0.4 is 19.9 Å². The first-order chi connectivity index (χ1) is 14.1. The molecule has 2 aliphatic rings. The molecule has 0 radical (unpaired) electrons. The molecule has 1 fully saturated rings. The third-order valence-corrected chi connectivity index (χ3v) is 5.49. The molecule has 1 saturated heterocycles. The van der Waals surface area contributed by atoms with Crippen molar-refractivity contribution in [2.24, 2.45) is 0 Å². The highest BCUT2D eigenvalue weighted by Crippen LogP contribution is 2.33. The quantitative estimate of drug-likeness (QED) is 0.841. The Morgan fingerprint density at radius 3 is 2.59 bits per heavy atom. The number of aryl methyl sites for hydroxylation is 1. The Morgan fingerprint density at radius 2 is 1.83 bits per heavy atom. The summed E-state index contributed by atoms with van der Waals surface area (Å²) in [5.74, 6) is 0.454. The van der Waals surface area contributed by atoms with Crippen molar-refractivity contribution < 1.29 is 14.3 Å². The lowest BCUT2D eigenvalue weighted by Gasteiger charge is -2.29. The molecule has 0 spiro atoms. The number of nitrogens with zero attached hydrogens (tertiary/aromatic N) is 2. The van der Waals surface area contributed by atoms with Crippen LogP contribution in [0.25, 0.3) is 0 Å². The van der Waals surface area contributed by atoms with Crippen LogP contribution in [0, 0.1) is 6.92 Å². The first-order valence-electron chi connectivity index (χ1n) is 10.3. The van der Waals surface area contributed by atoms with Gasteiger partial charge < -0.3 is 19.9 Å². The Balaban J connectivity index is 1.34. The van der Waals surface area contributed by atoms with Gasteiger partial charge in [0.05, 0.1) is 5.69 Å². The maximum atomic E-state index is 12.4. The zero-order valence-corrected chi connectivity index (χ0v) is 16.8. The highest BCUT2D eigenvalue weighted by atomic mass is 16.5. The molecule has 6 heteroatoms. The van der Waals surface area contributed by atoms with Gasteiger partial charge in [-0.25, -0.2) is 0 Å². The van der Waals surface area contributed by atoms with Crippen LogP contribution in [0.4, 0.5) is 17.1 Å². The van der Waals surface area contributed by atoms with Gasteiger partial charge in [-0.3, -0.25) is 9.59 Å². The number of piperidine rings is 1. The minimum atomic E-state index is -0.123. The van der Waals surface area contributed by atoms with Crippen LogP contribution in [0.2, 0.25) is 0 Å². The second kappa shape index (κ2) is 8.55. The molecular weight excluding hydrogens is 366 g/mol. The van der Waals surface area contributed by atoms with Gasteiger partial charge in [0.2, 0.25) is 5.91 Å². The average molecular weight is 393 g/mol. The van der Waals surface area contributed by atoms with E-state index in [1.165, 1.54) is 24.9 Å². The zero-order valence-electron chi connectivity index (χ0n) is 16.8. The van der Waals surface area contributed by atoms with Crippen molar-refractivity contribution in [3.8, 4) is 5.75 Å². The molecule has 0 aromatic heterocycles. The van der Waals surface area contributed by atoms with Crippen LogP contribution in [0.1, 0.15) is 31.2 Å². The Kier molecular flexibility index (Phi) is 5.69. The molecule has 0 unspecified atom stereocenters. The van der Waals surface area contributed by atoms with E-state index in [1.807, 2.05) is 37.3 Å². The molecule has 2 aliphatic heterocycles. The van der Waals surface area contributed by atoms with Gasteiger partial charge in [0.1, 0.15) is 5.75 Å². The summed E-state index contributed by atoms with van der Waals surface area (Å²) in [5, 5.41) is 2.94. The summed E-state index contributed by atoms with van der Waals surface area (Å²) in [6, 6.07) is 13.8. The molecule has 0 aliphatic carbocycles. The molecule has 152 valence electrons. The number of carbonyl (C=O) groups excluding carboxylic acids is 2. The van der Waals surface area contributed by atoms with Gasteiger partial charge in [-0.2, -0.15) is 0 Å². The van der Waals surface area contributed by atoms with Crippen LogP contribution in [0.3, 0.4) is 0 Å². The predicted octanol–water partition coefficient (Wildman–Crippen LogP) is 3.74. The highest BCUT2D eigenvalue weighted by molar-refractivity contribution is 5.99. The smallest absolute Gasteiger partial charge is 0.265 e. The van der Waals surface area contributed by atoms with Crippen molar-refractivity contribution in [1.82, 2.24) is 0 Å². The van der Waals surface area contributed by atoms with Crippen molar-refractivity contribution >= 4 is 28.9 Å². The number of anilines is 3. The molecular formula is C23H27N3O3. The topological polar surface area (TPSA) is 61.9 Å². The highest BCUT2D eigenvalue weighted by Gasteiger charge is 2.25. The number of carbonyl (C=O) groups is 2. The van der Waals surface area contributed by atoms with Gasteiger partial charge in [-0.15, -0.1) is 0 Å². The molecule has 6 nitrogen and oxygen atoms in total. The summed E-state index contributed by atoms with van der Waals surface area (Å²) in [6.45, 7) is 4.50. The fourth-order valence-corrected chi connectivity index (χ4v) is 3.90. The van der Waals surface area contributed by atoms with Gasteiger partial charge in [0.25, 0.3) is 5.91 Å². The van der Waals surface area contributed by atoms with E-state index in [1.54, 1.807) is 4.90 Å². The van der Waals surface area contributed by atoms with Gasteiger partial charge in [-0.05, 0) is 68.1 Å². The van der Waals surface area contributed by atoms with Crippen LogP contribution >= 0.6 is 0 Å².